The van der Waals surface area contributed by atoms with Crippen molar-refractivity contribution in [2.45, 2.75) is 45.8 Å². The first-order valence-electron chi connectivity index (χ1n) is 10.5. The van der Waals surface area contributed by atoms with Crippen molar-refractivity contribution in [2.75, 3.05) is 24.8 Å². The monoisotopic (exact) mass is 423 g/mol. The maximum absolute atomic E-state index is 13.5. The topological polar surface area (TPSA) is 104 Å². The molecule has 1 fully saturated rings. The third-order valence-electron chi connectivity index (χ3n) is 5.55. The third-order valence-corrected chi connectivity index (χ3v) is 5.55. The Morgan fingerprint density at radius 2 is 1.97 bits per heavy atom. The molecule has 1 saturated carbocycles. The minimum atomic E-state index is -0.298. The van der Waals surface area contributed by atoms with E-state index in [9.17, 15) is 4.79 Å². The number of nitrogens with one attached hydrogen (secondary N) is 1. The van der Waals surface area contributed by atoms with Crippen LogP contribution in [0, 0.1) is 5.92 Å². The van der Waals surface area contributed by atoms with Gasteiger partial charge in [-0.15, -0.1) is 0 Å². The maximum Gasteiger partial charge on any atom is 0.261 e. The number of carbonyl (C=O) groups is 1. The van der Waals surface area contributed by atoms with E-state index >= 15 is 0 Å². The first-order valence-corrected chi connectivity index (χ1v) is 10.5. The summed E-state index contributed by atoms with van der Waals surface area (Å²) in [4.78, 5) is 22.1. The molecular formula is C23H29N5O3. The molecule has 3 aromatic rings. The SMILES string of the molecule is COCc1ccc(NC(=O)c2c(OCC(C)C)n(C3(C)CC3)c3ncnc(N)c23)cc1. The molecule has 31 heavy (non-hydrogen) atoms. The van der Waals surface area contributed by atoms with Crippen LogP contribution in [0.4, 0.5) is 11.5 Å². The molecule has 0 saturated heterocycles. The second-order valence-electron chi connectivity index (χ2n) is 8.76. The zero-order chi connectivity index (χ0) is 22.2. The van der Waals surface area contributed by atoms with Gasteiger partial charge in [0.25, 0.3) is 5.91 Å². The molecule has 164 valence electrons. The molecule has 1 aliphatic carbocycles. The molecule has 1 aromatic carbocycles. The number of benzene rings is 1. The van der Waals surface area contributed by atoms with Gasteiger partial charge in [-0.2, -0.15) is 0 Å². The summed E-state index contributed by atoms with van der Waals surface area (Å²) >= 11 is 0. The molecule has 4 rings (SSSR count). The maximum atomic E-state index is 13.5. The zero-order valence-corrected chi connectivity index (χ0v) is 18.4. The van der Waals surface area contributed by atoms with Crippen LogP contribution < -0.4 is 15.8 Å². The van der Waals surface area contributed by atoms with Crippen LogP contribution in [-0.2, 0) is 16.9 Å². The molecule has 8 nitrogen and oxygen atoms in total. The van der Waals surface area contributed by atoms with Crippen molar-refractivity contribution in [3.05, 3.63) is 41.7 Å². The van der Waals surface area contributed by atoms with E-state index in [1.54, 1.807) is 7.11 Å². The average Bonchev–Trinajstić information content (AvgIpc) is 3.36. The summed E-state index contributed by atoms with van der Waals surface area (Å²) < 4.78 is 13.4. The van der Waals surface area contributed by atoms with Gasteiger partial charge >= 0.3 is 0 Å². The number of aromatic nitrogens is 3. The fraction of sp³-hybridized carbons (Fsp3) is 0.435. The van der Waals surface area contributed by atoms with E-state index in [1.165, 1.54) is 6.33 Å². The summed E-state index contributed by atoms with van der Waals surface area (Å²) in [6.07, 6.45) is 3.41. The molecule has 0 bridgehead atoms. The van der Waals surface area contributed by atoms with E-state index in [4.69, 9.17) is 15.2 Å². The fourth-order valence-electron chi connectivity index (χ4n) is 3.66. The van der Waals surface area contributed by atoms with Crippen LogP contribution in [0.5, 0.6) is 5.88 Å². The molecule has 0 unspecified atom stereocenters. The number of nitrogens with zero attached hydrogens (tertiary/aromatic N) is 3. The van der Waals surface area contributed by atoms with Gasteiger partial charge in [-0.3, -0.25) is 9.36 Å². The Bertz CT molecular complexity index is 1100. The number of hydrogen-bond acceptors (Lipinski definition) is 6. The fourth-order valence-corrected chi connectivity index (χ4v) is 3.66. The molecule has 1 amide bonds. The minimum absolute atomic E-state index is 0.147. The second-order valence-corrected chi connectivity index (χ2v) is 8.76. The van der Waals surface area contributed by atoms with E-state index in [0.717, 1.165) is 18.4 Å². The van der Waals surface area contributed by atoms with Crippen molar-refractivity contribution in [3.8, 4) is 5.88 Å². The summed E-state index contributed by atoms with van der Waals surface area (Å²) in [5.41, 5.74) is 8.79. The number of nitrogens with two attached hydrogens (primary N) is 1. The molecule has 2 heterocycles. The molecule has 8 heteroatoms. The van der Waals surface area contributed by atoms with E-state index in [0.29, 0.717) is 47.3 Å². The van der Waals surface area contributed by atoms with Crippen LogP contribution in [0.25, 0.3) is 11.0 Å². The minimum Gasteiger partial charge on any atom is -0.478 e. The summed E-state index contributed by atoms with van der Waals surface area (Å²) in [6, 6.07) is 7.53. The normalized spacial score (nSPS) is 14.7. The molecule has 0 aliphatic heterocycles. The molecule has 0 atom stereocenters. The summed E-state index contributed by atoms with van der Waals surface area (Å²) in [5.74, 6) is 0.770. The van der Waals surface area contributed by atoms with Crippen LogP contribution in [-0.4, -0.2) is 34.2 Å². The Balaban J connectivity index is 1.79. The van der Waals surface area contributed by atoms with Crippen molar-refractivity contribution in [1.82, 2.24) is 14.5 Å². The zero-order valence-electron chi connectivity index (χ0n) is 18.4. The van der Waals surface area contributed by atoms with Crippen LogP contribution in [0.2, 0.25) is 0 Å². The van der Waals surface area contributed by atoms with Crippen molar-refractivity contribution in [3.63, 3.8) is 0 Å². The smallest absolute Gasteiger partial charge is 0.261 e. The molecule has 0 spiro atoms. The highest BCUT2D eigenvalue weighted by Gasteiger charge is 2.45. The Morgan fingerprint density at radius 1 is 1.26 bits per heavy atom. The van der Waals surface area contributed by atoms with Gasteiger partial charge in [-0.05, 0) is 43.4 Å². The molecule has 3 N–H and O–H groups in total. The number of carbonyl (C=O) groups excluding carboxylic acids is 1. The van der Waals surface area contributed by atoms with Gasteiger partial charge in [0.2, 0.25) is 5.88 Å². The van der Waals surface area contributed by atoms with Crippen LogP contribution in [0.1, 0.15) is 49.5 Å². The summed E-state index contributed by atoms with van der Waals surface area (Å²) in [5, 5.41) is 3.51. The third kappa shape index (κ3) is 4.07. The number of ether oxygens (including phenoxy) is 2. The van der Waals surface area contributed by atoms with Gasteiger partial charge in [0.05, 0.1) is 18.6 Å². The number of hydrogen-bond donors (Lipinski definition) is 2. The number of amides is 1. The quantitative estimate of drug-likeness (QED) is 0.568. The van der Waals surface area contributed by atoms with Crippen molar-refractivity contribution < 1.29 is 14.3 Å². The Kier molecular flexibility index (Phi) is 5.58. The standard InChI is InChI=1S/C23H29N5O3/c1-14(2)11-31-22-18(21(29)27-16-7-5-15(6-8-16)12-30-4)17-19(24)25-13-26-20(17)28(22)23(3)9-10-23/h5-8,13-14H,9-12H2,1-4H3,(H,27,29)(H2,24,25,26). The molecule has 2 aromatic heterocycles. The Morgan fingerprint density at radius 3 is 2.58 bits per heavy atom. The summed E-state index contributed by atoms with van der Waals surface area (Å²) in [6.45, 7) is 7.28. The van der Waals surface area contributed by atoms with Gasteiger partial charge in [0, 0.05) is 18.3 Å². The van der Waals surface area contributed by atoms with E-state index < -0.39 is 0 Å². The van der Waals surface area contributed by atoms with Crippen LogP contribution in [0.15, 0.2) is 30.6 Å². The predicted molar refractivity (Wildman–Crippen MR) is 120 cm³/mol. The first-order chi connectivity index (χ1) is 14.8. The summed E-state index contributed by atoms with van der Waals surface area (Å²) in [7, 11) is 1.65. The number of anilines is 2. The highest BCUT2D eigenvalue weighted by molar-refractivity contribution is 6.17. The van der Waals surface area contributed by atoms with Crippen LogP contribution >= 0.6 is 0 Å². The Hall–Kier alpha value is -3.13. The van der Waals surface area contributed by atoms with Gasteiger partial charge in [-0.1, -0.05) is 26.0 Å². The highest BCUT2D eigenvalue weighted by Crippen LogP contribution is 2.50. The van der Waals surface area contributed by atoms with Gasteiger partial charge < -0.3 is 20.5 Å². The van der Waals surface area contributed by atoms with Crippen molar-refractivity contribution in [2.24, 2.45) is 5.92 Å². The second kappa shape index (κ2) is 8.19. The highest BCUT2D eigenvalue weighted by atomic mass is 16.5. The van der Waals surface area contributed by atoms with E-state index in [-0.39, 0.29) is 17.3 Å². The number of rotatable bonds is 8. The largest absolute Gasteiger partial charge is 0.478 e. The Labute approximate surface area is 181 Å². The van der Waals surface area contributed by atoms with Gasteiger partial charge in [0.1, 0.15) is 23.4 Å². The van der Waals surface area contributed by atoms with Crippen molar-refractivity contribution >= 4 is 28.4 Å². The molecule has 0 radical (unpaired) electrons. The predicted octanol–water partition coefficient (Wildman–Crippen LogP) is 3.96. The number of fused-ring (bicyclic) bond motifs is 1. The molecule has 1 aliphatic rings. The van der Waals surface area contributed by atoms with Crippen molar-refractivity contribution in [1.29, 1.82) is 0 Å². The van der Waals surface area contributed by atoms with Gasteiger partial charge in [-0.25, -0.2) is 9.97 Å². The number of methoxy groups -OCH3 is 1. The lowest BCUT2D eigenvalue weighted by Gasteiger charge is -2.19. The average molecular weight is 424 g/mol. The van der Waals surface area contributed by atoms with E-state index in [2.05, 4.69) is 36.1 Å². The lowest BCUT2D eigenvalue weighted by Crippen LogP contribution is -2.19. The lowest BCUT2D eigenvalue weighted by molar-refractivity contribution is 0.102. The molecular weight excluding hydrogens is 394 g/mol. The lowest BCUT2D eigenvalue weighted by atomic mass is 10.2. The van der Waals surface area contributed by atoms with E-state index in [1.807, 2.05) is 28.8 Å². The first kappa shape index (κ1) is 21.1. The van der Waals surface area contributed by atoms with Crippen LogP contribution in [0.3, 0.4) is 0 Å². The number of nitrogen functional groups attached to an aromatic ring is 1. The van der Waals surface area contributed by atoms with Gasteiger partial charge in [0.15, 0.2) is 0 Å².